The minimum absolute atomic E-state index is 0.437. The van der Waals surface area contributed by atoms with Crippen LogP contribution in [-0.4, -0.2) is 36.2 Å². The van der Waals surface area contributed by atoms with Crippen molar-refractivity contribution < 1.29 is 9.90 Å². The number of thioether (sulfide) groups is 1. The zero-order valence-corrected chi connectivity index (χ0v) is 13.7. The van der Waals surface area contributed by atoms with Crippen molar-refractivity contribution in [1.82, 2.24) is 0 Å². The smallest absolute Gasteiger partial charge is 0.328 e. The molecule has 0 amide bonds. The summed E-state index contributed by atoms with van der Waals surface area (Å²) in [7, 11) is 2.06. The lowest BCUT2D eigenvalue weighted by molar-refractivity contribution is -0.131. The lowest BCUT2D eigenvalue weighted by Crippen LogP contribution is -2.31. The monoisotopic (exact) mass is 343 g/mol. The van der Waals surface area contributed by atoms with Gasteiger partial charge in [0.15, 0.2) is 0 Å². The van der Waals surface area contributed by atoms with Crippen LogP contribution in [0.3, 0.4) is 0 Å². The van der Waals surface area contributed by atoms with Crippen molar-refractivity contribution in [2.45, 2.75) is 13.0 Å². The third-order valence-corrected chi connectivity index (χ3v) is 4.29. The van der Waals surface area contributed by atoms with Crippen molar-refractivity contribution >= 4 is 45.4 Å². The number of aliphatic carboxylic acids is 1. The summed E-state index contributed by atoms with van der Waals surface area (Å²) in [6.07, 6.45) is 4.82. The largest absolute Gasteiger partial charge is 0.478 e. The Balaban J connectivity index is 2.91. The molecular weight excluding hydrogens is 326 g/mol. The standard InChI is InChI=1S/C14H18BrNO2S/c1-10(9-19-3)16(2)13-6-4-11(8-12(13)15)5-7-14(17)18/h4-8,10H,9H2,1-3H3,(H,17,18)/b7-5+. The van der Waals surface area contributed by atoms with Gasteiger partial charge in [-0.15, -0.1) is 0 Å². The molecule has 0 aromatic heterocycles. The number of carbonyl (C=O) groups is 1. The second-order valence-corrected chi connectivity index (χ2v) is 6.06. The molecule has 1 unspecified atom stereocenters. The molecule has 0 aliphatic heterocycles. The Morgan fingerprint density at radius 1 is 1.58 bits per heavy atom. The third-order valence-electron chi connectivity index (χ3n) is 2.84. The SMILES string of the molecule is CSCC(C)N(C)c1ccc(/C=C/C(=O)O)cc1Br. The molecule has 3 nitrogen and oxygen atoms in total. The van der Waals surface area contributed by atoms with E-state index in [4.69, 9.17) is 5.11 Å². The molecule has 0 spiro atoms. The lowest BCUT2D eigenvalue weighted by atomic mass is 10.1. The molecule has 0 bridgehead atoms. The molecule has 0 heterocycles. The summed E-state index contributed by atoms with van der Waals surface area (Å²) in [5.41, 5.74) is 1.97. The summed E-state index contributed by atoms with van der Waals surface area (Å²) in [5.74, 6) is 0.120. The van der Waals surface area contributed by atoms with Gasteiger partial charge >= 0.3 is 5.97 Å². The minimum atomic E-state index is -0.939. The van der Waals surface area contributed by atoms with E-state index in [0.29, 0.717) is 6.04 Å². The highest BCUT2D eigenvalue weighted by Crippen LogP contribution is 2.28. The quantitative estimate of drug-likeness (QED) is 0.799. The van der Waals surface area contributed by atoms with Crippen LogP contribution in [0.5, 0.6) is 0 Å². The van der Waals surface area contributed by atoms with E-state index in [1.807, 2.05) is 30.0 Å². The molecule has 1 atom stereocenters. The van der Waals surface area contributed by atoms with Crippen LogP contribution in [-0.2, 0) is 4.79 Å². The fourth-order valence-corrected chi connectivity index (χ4v) is 3.05. The molecule has 1 N–H and O–H groups in total. The van der Waals surface area contributed by atoms with Gasteiger partial charge in [0.05, 0.1) is 5.69 Å². The molecule has 5 heteroatoms. The van der Waals surface area contributed by atoms with Gasteiger partial charge in [0.1, 0.15) is 0 Å². The van der Waals surface area contributed by atoms with Crippen LogP contribution < -0.4 is 4.90 Å². The van der Waals surface area contributed by atoms with Crippen molar-refractivity contribution in [3.63, 3.8) is 0 Å². The Bertz CT molecular complexity index is 477. The number of halogens is 1. The Kier molecular flexibility index (Phi) is 6.45. The molecule has 0 aliphatic carbocycles. The van der Waals surface area contributed by atoms with Crippen molar-refractivity contribution in [2.75, 3.05) is 24.0 Å². The molecule has 104 valence electrons. The molecule has 1 aromatic carbocycles. The van der Waals surface area contributed by atoms with E-state index in [1.54, 1.807) is 6.08 Å². The number of hydrogen-bond donors (Lipinski definition) is 1. The maximum absolute atomic E-state index is 10.5. The van der Waals surface area contributed by atoms with Gasteiger partial charge in [-0.1, -0.05) is 6.07 Å². The second-order valence-electron chi connectivity index (χ2n) is 4.30. The van der Waals surface area contributed by atoms with E-state index in [9.17, 15) is 4.79 Å². The summed E-state index contributed by atoms with van der Waals surface area (Å²) >= 11 is 5.36. The summed E-state index contributed by atoms with van der Waals surface area (Å²) < 4.78 is 0.968. The summed E-state index contributed by atoms with van der Waals surface area (Å²) in [6.45, 7) is 2.18. The highest BCUT2D eigenvalue weighted by molar-refractivity contribution is 9.10. The van der Waals surface area contributed by atoms with Crippen molar-refractivity contribution in [3.05, 3.63) is 34.3 Å². The minimum Gasteiger partial charge on any atom is -0.478 e. The third kappa shape index (κ3) is 4.91. The van der Waals surface area contributed by atoms with Gasteiger partial charge < -0.3 is 10.0 Å². The summed E-state index contributed by atoms with van der Waals surface area (Å²) in [4.78, 5) is 12.7. The first-order valence-electron chi connectivity index (χ1n) is 5.88. The molecule has 0 radical (unpaired) electrons. The second kappa shape index (κ2) is 7.60. The van der Waals surface area contributed by atoms with Gasteiger partial charge in [-0.2, -0.15) is 11.8 Å². The van der Waals surface area contributed by atoms with E-state index >= 15 is 0 Å². The van der Waals surface area contributed by atoms with E-state index in [2.05, 4.69) is 41.1 Å². The molecule has 1 aromatic rings. The highest BCUT2D eigenvalue weighted by Gasteiger charge is 2.12. The molecular formula is C14H18BrNO2S. The predicted molar refractivity (Wildman–Crippen MR) is 87.1 cm³/mol. The predicted octanol–water partition coefficient (Wildman–Crippen LogP) is 3.73. The van der Waals surface area contributed by atoms with Gasteiger partial charge in [-0.3, -0.25) is 0 Å². The molecule has 1 rings (SSSR count). The first-order valence-corrected chi connectivity index (χ1v) is 8.06. The average Bonchev–Trinajstić information content (AvgIpc) is 2.36. The molecule has 0 saturated carbocycles. The van der Waals surface area contributed by atoms with Gasteiger partial charge in [-0.05, 0) is 52.9 Å². The van der Waals surface area contributed by atoms with E-state index in [-0.39, 0.29) is 0 Å². The number of hydrogen-bond acceptors (Lipinski definition) is 3. The van der Waals surface area contributed by atoms with Crippen LogP contribution in [0, 0.1) is 0 Å². The average molecular weight is 344 g/mol. The van der Waals surface area contributed by atoms with Crippen LogP contribution in [0.25, 0.3) is 6.08 Å². The Morgan fingerprint density at radius 2 is 2.26 bits per heavy atom. The first kappa shape index (κ1) is 16.1. The fraction of sp³-hybridized carbons (Fsp3) is 0.357. The zero-order valence-electron chi connectivity index (χ0n) is 11.3. The van der Waals surface area contributed by atoms with Crippen LogP contribution in [0.2, 0.25) is 0 Å². The van der Waals surface area contributed by atoms with Crippen molar-refractivity contribution in [2.24, 2.45) is 0 Å². The number of nitrogens with zero attached hydrogens (tertiary/aromatic N) is 1. The number of anilines is 1. The van der Waals surface area contributed by atoms with Gasteiger partial charge in [0.25, 0.3) is 0 Å². The zero-order chi connectivity index (χ0) is 14.4. The first-order chi connectivity index (χ1) is 8.95. The molecule has 0 saturated heterocycles. The van der Waals surface area contributed by atoms with E-state index in [1.165, 1.54) is 0 Å². The van der Waals surface area contributed by atoms with Crippen LogP contribution >= 0.6 is 27.7 Å². The Morgan fingerprint density at radius 3 is 2.79 bits per heavy atom. The van der Waals surface area contributed by atoms with Crippen molar-refractivity contribution in [3.8, 4) is 0 Å². The maximum Gasteiger partial charge on any atom is 0.328 e. The Labute approximate surface area is 126 Å². The lowest BCUT2D eigenvalue weighted by Gasteiger charge is -2.27. The topological polar surface area (TPSA) is 40.5 Å². The number of benzene rings is 1. The number of rotatable bonds is 6. The number of carboxylic acid groups (broad SMARTS) is 1. The summed E-state index contributed by atoms with van der Waals surface area (Å²) in [6, 6.07) is 6.29. The maximum atomic E-state index is 10.5. The Hall–Kier alpha value is -0.940. The number of carboxylic acids is 1. The molecule has 0 fully saturated rings. The summed E-state index contributed by atoms with van der Waals surface area (Å²) in [5, 5.41) is 8.61. The van der Waals surface area contributed by atoms with Crippen molar-refractivity contribution in [1.29, 1.82) is 0 Å². The molecule has 19 heavy (non-hydrogen) atoms. The van der Waals surface area contributed by atoms with E-state index in [0.717, 1.165) is 27.6 Å². The van der Waals surface area contributed by atoms with Gasteiger partial charge in [0.2, 0.25) is 0 Å². The van der Waals surface area contributed by atoms with Crippen LogP contribution in [0.4, 0.5) is 5.69 Å². The molecule has 0 aliphatic rings. The fourth-order valence-electron chi connectivity index (χ4n) is 1.67. The van der Waals surface area contributed by atoms with Gasteiger partial charge in [-0.25, -0.2) is 4.79 Å². The van der Waals surface area contributed by atoms with Gasteiger partial charge in [0, 0.05) is 29.4 Å². The highest BCUT2D eigenvalue weighted by atomic mass is 79.9. The van der Waals surface area contributed by atoms with E-state index < -0.39 is 5.97 Å². The van der Waals surface area contributed by atoms with Crippen LogP contribution in [0.15, 0.2) is 28.7 Å². The van der Waals surface area contributed by atoms with Crippen LogP contribution in [0.1, 0.15) is 12.5 Å². The normalized spacial score (nSPS) is 12.6.